The highest BCUT2D eigenvalue weighted by molar-refractivity contribution is 6.30. The summed E-state index contributed by atoms with van der Waals surface area (Å²) in [4.78, 5) is 0. The fourth-order valence-electron chi connectivity index (χ4n) is 0.659. The molecule has 1 aromatic rings. The van der Waals surface area contributed by atoms with E-state index in [9.17, 15) is 0 Å². The molecule has 0 spiro atoms. The molecule has 1 rings (SSSR count). The Kier molecular flexibility index (Phi) is 1.76. The lowest BCUT2D eigenvalue weighted by Gasteiger charge is -1.88. The molecule has 1 heterocycles. The van der Waals surface area contributed by atoms with E-state index in [-0.39, 0.29) is 0 Å². The van der Waals surface area contributed by atoms with Gasteiger partial charge in [0.15, 0.2) is 5.15 Å². The highest BCUT2D eigenvalue weighted by Gasteiger charge is 1.97. The predicted molar refractivity (Wildman–Crippen MR) is 37.6 cm³/mol. The molecule has 0 aliphatic heterocycles. The van der Waals surface area contributed by atoms with E-state index in [0.29, 0.717) is 5.15 Å². The van der Waals surface area contributed by atoms with Crippen LogP contribution in [0.3, 0.4) is 0 Å². The summed E-state index contributed by atoms with van der Waals surface area (Å²) in [5, 5.41) is 4.62. The molecule has 0 unspecified atom stereocenters. The third-order valence-corrected chi connectivity index (χ3v) is 1.58. The van der Waals surface area contributed by atoms with Gasteiger partial charge in [-0.25, -0.2) is 0 Å². The molecule has 0 bridgehead atoms. The summed E-state index contributed by atoms with van der Waals surface area (Å²) in [7, 11) is 0. The standard InChI is InChI=1S/C6H9ClN2/c1-3-9-4-5(2)6(7)8-9/h4H,3H2,1-2H3. The summed E-state index contributed by atoms with van der Waals surface area (Å²) in [6.07, 6.45) is 1.93. The third-order valence-electron chi connectivity index (χ3n) is 1.21. The molecule has 0 atom stereocenters. The van der Waals surface area contributed by atoms with E-state index in [0.717, 1.165) is 12.1 Å². The zero-order chi connectivity index (χ0) is 6.85. The van der Waals surface area contributed by atoms with Gasteiger partial charge in [0.1, 0.15) is 0 Å². The molecule has 0 aliphatic carbocycles. The van der Waals surface area contributed by atoms with Gasteiger partial charge in [0, 0.05) is 18.3 Å². The summed E-state index contributed by atoms with van der Waals surface area (Å²) in [6.45, 7) is 4.86. The zero-order valence-corrected chi connectivity index (χ0v) is 6.31. The average molecular weight is 145 g/mol. The molecule has 0 amide bonds. The van der Waals surface area contributed by atoms with E-state index in [1.165, 1.54) is 0 Å². The molecule has 0 aliphatic rings. The van der Waals surface area contributed by atoms with Crippen LogP contribution in [-0.4, -0.2) is 9.78 Å². The molecule has 9 heavy (non-hydrogen) atoms. The van der Waals surface area contributed by atoms with E-state index >= 15 is 0 Å². The van der Waals surface area contributed by atoms with Crippen molar-refractivity contribution in [1.29, 1.82) is 0 Å². The molecule has 1 aromatic heterocycles. The molecule has 2 nitrogen and oxygen atoms in total. The lowest BCUT2D eigenvalue weighted by Crippen LogP contribution is -1.92. The van der Waals surface area contributed by atoms with Gasteiger partial charge >= 0.3 is 0 Å². The number of aryl methyl sites for hydroxylation is 2. The second-order valence-corrected chi connectivity index (χ2v) is 2.32. The lowest BCUT2D eigenvalue weighted by atomic mass is 10.4. The molecule has 0 saturated carbocycles. The predicted octanol–water partition coefficient (Wildman–Crippen LogP) is 1.86. The van der Waals surface area contributed by atoms with Crippen LogP contribution >= 0.6 is 11.6 Å². The van der Waals surface area contributed by atoms with Gasteiger partial charge in [-0.15, -0.1) is 0 Å². The van der Waals surface area contributed by atoms with Gasteiger partial charge in [0.05, 0.1) is 0 Å². The van der Waals surface area contributed by atoms with E-state index in [1.54, 1.807) is 0 Å². The number of aromatic nitrogens is 2. The molecule has 0 saturated heterocycles. The van der Waals surface area contributed by atoms with Crippen molar-refractivity contribution in [1.82, 2.24) is 9.78 Å². The fraction of sp³-hybridized carbons (Fsp3) is 0.500. The van der Waals surface area contributed by atoms with Crippen LogP contribution in [0.25, 0.3) is 0 Å². The monoisotopic (exact) mass is 144 g/mol. The Morgan fingerprint density at radius 2 is 2.44 bits per heavy atom. The second kappa shape index (κ2) is 2.40. The van der Waals surface area contributed by atoms with Crippen LogP contribution in [0.1, 0.15) is 12.5 Å². The van der Waals surface area contributed by atoms with Gasteiger partial charge in [0.25, 0.3) is 0 Å². The van der Waals surface area contributed by atoms with Crippen LogP contribution in [0, 0.1) is 6.92 Å². The maximum atomic E-state index is 5.68. The van der Waals surface area contributed by atoms with E-state index in [1.807, 2.05) is 24.7 Å². The summed E-state index contributed by atoms with van der Waals surface area (Å²) >= 11 is 5.68. The van der Waals surface area contributed by atoms with E-state index in [2.05, 4.69) is 5.10 Å². The Bertz CT molecular complexity index is 185. The first-order chi connectivity index (χ1) is 4.24. The van der Waals surface area contributed by atoms with Gasteiger partial charge in [0.2, 0.25) is 0 Å². The Morgan fingerprint density at radius 3 is 2.67 bits per heavy atom. The van der Waals surface area contributed by atoms with Crippen molar-refractivity contribution in [3.8, 4) is 0 Å². The number of hydrogen-bond acceptors (Lipinski definition) is 1. The minimum Gasteiger partial charge on any atom is -0.271 e. The third kappa shape index (κ3) is 1.24. The zero-order valence-electron chi connectivity index (χ0n) is 5.56. The first kappa shape index (κ1) is 6.62. The molecule has 0 N–H and O–H groups in total. The summed E-state index contributed by atoms with van der Waals surface area (Å²) < 4.78 is 1.82. The van der Waals surface area contributed by atoms with Crippen molar-refractivity contribution in [3.63, 3.8) is 0 Å². The number of rotatable bonds is 1. The van der Waals surface area contributed by atoms with Crippen LogP contribution < -0.4 is 0 Å². The van der Waals surface area contributed by atoms with Crippen molar-refractivity contribution in [2.24, 2.45) is 0 Å². The van der Waals surface area contributed by atoms with Crippen LogP contribution in [0.4, 0.5) is 0 Å². The smallest absolute Gasteiger partial charge is 0.153 e. The summed E-state index contributed by atoms with van der Waals surface area (Å²) in [5.74, 6) is 0. The second-order valence-electron chi connectivity index (χ2n) is 1.96. The van der Waals surface area contributed by atoms with Crippen LogP contribution in [0.5, 0.6) is 0 Å². The van der Waals surface area contributed by atoms with Crippen LogP contribution in [0.15, 0.2) is 6.20 Å². The lowest BCUT2D eigenvalue weighted by molar-refractivity contribution is 0.660. The van der Waals surface area contributed by atoms with Crippen molar-refractivity contribution >= 4 is 11.6 Å². The quantitative estimate of drug-likeness (QED) is 0.589. The summed E-state index contributed by atoms with van der Waals surface area (Å²) in [6, 6.07) is 0. The Labute approximate surface area is 59.4 Å². The van der Waals surface area contributed by atoms with Gasteiger partial charge in [-0.1, -0.05) is 11.6 Å². The van der Waals surface area contributed by atoms with E-state index < -0.39 is 0 Å². The Hall–Kier alpha value is -0.500. The number of halogens is 1. The van der Waals surface area contributed by atoms with Crippen molar-refractivity contribution in [2.45, 2.75) is 20.4 Å². The van der Waals surface area contributed by atoms with Crippen molar-refractivity contribution < 1.29 is 0 Å². The SMILES string of the molecule is CCn1cc(C)c(Cl)n1. The fourth-order valence-corrected chi connectivity index (χ4v) is 0.805. The number of nitrogens with zero attached hydrogens (tertiary/aromatic N) is 2. The van der Waals surface area contributed by atoms with Gasteiger partial charge in [-0.3, -0.25) is 4.68 Å². The molecule has 50 valence electrons. The van der Waals surface area contributed by atoms with Crippen molar-refractivity contribution in [3.05, 3.63) is 16.9 Å². The average Bonchev–Trinajstić information content (AvgIpc) is 2.13. The van der Waals surface area contributed by atoms with Gasteiger partial charge in [-0.05, 0) is 13.8 Å². The first-order valence-electron chi connectivity index (χ1n) is 2.93. The topological polar surface area (TPSA) is 17.8 Å². The first-order valence-corrected chi connectivity index (χ1v) is 3.31. The van der Waals surface area contributed by atoms with Gasteiger partial charge < -0.3 is 0 Å². The normalized spacial score (nSPS) is 10.1. The molecule has 0 radical (unpaired) electrons. The summed E-state index contributed by atoms with van der Waals surface area (Å²) in [5.41, 5.74) is 1.04. The van der Waals surface area contributed by atoms with Gasteiger partial charge in [-0.2, -0.15) is 5.10 Å². The Balaban J connectivity index is 2.98. The Morgan fingerprint density at radius 1 is 1.78 bits per heavy atom. The van der Waals surface area contributed by atoms with Crippen LogP contribution in [-0.2, 0) is 6.54 Å². The minimum absolute atomic E-state index is 0.608. The van der Waals surface area contributed by atoms with Crippen LogP contribution in [0.2, 0.25) is 5.15 Å². The van der Waals surface area contributed by atoms with Crippen molar-refractivity contribution in [2.75, 3.05) is 0 Å². The molecule has 3 heteroatoms. The highest BCUT2D eigenvalue weighted by atomic mass is 35.5. The minimum atomic E-state index is 0.608. The molecular formula is C6H9ClN2. The largest absolute Gasteiger partial charge is 0.271 e. The number of hydrogen-bond donors (Lipinski definition) is 0. The maximum Gasteiger partial charge on any atom is 0.153 e. The van der Waals surface area contributed by atoms with E-state index in [4.69, 9.17) is 11.6 Å². The molecular weight excluding hydrogens is 136 g/mol. The molecule has 0 fully saturated rings. The molecule has 0 aromatic carbocycles. The maximum absolute atomic E-state index is 5.68. The highest BCUT2D eigenvalue weighted by Crippen LogP contribution is 2.10.